The molecular weight excluding hydrogens is 288 g/mol. The van der Waals surface area contributed by atoms with Crippen molar-refractivity contribution in [3.8, 4) is 0 Å². The van der Waals surface area contributed by atoms with Crippen LogP contribution in [0.25, 0.3) is 16.7 Å². The lowest BCUT2D eigenvalue weighted by Crippen LogP contribution is -2.47. The Kier molecular flexibility index (Phi) is 2.50. The summed E-state index contributed by atoms with van der Waals surface area (Å²) in [6.45, 7) is 1.85. The molecule has 0 unspecified atom stereocenters. The number of hydrogen-bond acceptors (Lipinski definition) is 4. The molecule has 0 N–H and O–H groups in total. The second kappa shape index (κ2) is 4.55. The minimum Gasteiger partial charge on any atom is -0.341 e. The van der Waals surface area contributed by atoms with Crippen LogP contribution in [0.5, 0.6) is 0 Å². The van der Waals surface area contributed by atoms with Gasteiger partial charge in [-0.3, -0.25) is 4.40 Å². The second-order valence-corrected chi connectivity index (χ2v) is 6.05. The zero-order chi connectivity index (χ0) is 15.4. The maximum Gasteiger partial charge on any atom is 0.206 e. The van der Waals surface area contributed by atoms with E-state index in [4.69, 9.17) is 4.98 Å². The highest BCUT2D eigenvalue weighted by Gasteiger charge is 2.34. The van der Waals surface area contributed by atoms with Crippen molar-refractivity contribution in [1.29, 1.82) is 0 Å². The summed E-state index contributed by atoms with van der Waals surface area (Å²) in [7, 11) is 2.07. The predicted octanol–water partition coefficient (Wildman–Crippen LogP) is 2.22. The van der Waals surface area contributed by atoms with Crippen LogP contribution < -0.4 is 4.90 Å². The summed E-state index contributed by atoms with van der Waals surface area (Å²) in [6, 6.07) is 14.2. The zero-order valence-corrected chi connectivity index (χ0v) is 12.8. The molecule has 0 aliphatic carbocycles. The van der Waals surface area contributed by atoms with Crippen LogP contribution in [0.15, 0.2) is 48.7 Å². The number of fused-ring (bicyclic) bond motifs is 2. The van der Waals surface area contributed by atoms with E-state index in [2.05, 4.69) is 49.3 Å². The minimum absolute atomic E-state index is 0.396. The number of nitrogens with zero attached hydrogens (tertiary/aromatic N) is 6. The molecule has 114 valence electrons. The number of para-hydroxylation sites is 2. The van der Waals surface area contributed by atoms with Crippen molar-refractivity contribution in [2.45, 2.75) is 5.92 Å². The Bertz CT molecular complexity index is 1010. The van der Waals surface area contributed by atoms with Crippen molar-refractivity contribution in [3.05, 3.63) is 54.5 Å². The van der Waals surface area contributed by atoms with E-state index >= 15 is 0 Å². The van der Waals surface area contributed by atoms with Gasteiger partial charge in [0.2, 0.25) is 5.95 Å². The largest absolute Gasteiger partial charge is 0.341 e. The van der Waals surface area contributed by atoms with Gasteiger partial charge in [0.05, 0.1) is 17.0 Å². The molecule has 1 aliphatic heterocycles. The molecule has 5 rings (SSSR count). The van der Waals surface area contributed by atoms with Gasteiger partial charge in [-0.05, 0) is 24.3 Å². The fourth-order valence-corrected chi connectivity index (χ4v) is 3.36. The number of pyridine rings is 1. The van der Waals surface area contributed by atoms with Crippen LogP contribution in [0.1, 0.15) is 11.7 Å². The van der Waals surface area contributed by atoms with Crippen molar-refractivity contribution < 1.29 is 0 Å². The normalized spacial score (nSPS) is 15.4. The Hall–Kier alpha value is -2.89. The van der Waals surface area contributed by atoms with Gasteiger partial charge in [-0.25, -0.2) is 4.98 Å². The number of imidazole rings is 1. The smallest absolute Gasteiger partial charge is 0.206 e. The van der Waals surface area contributed by atoms with Crippen molar-refractivity contribution in [1.82, 2.24) is 24.1 Å². The van der Waals surface area contributed by atoms with E-state index in [1.807, 2.05) is 30.5 Å². The molecule has 4 aromatic rings. The molecule has 1 fully saturated rings. The van der Waals surface area contributed by atoms with Gasteiger partial charge in [0, 0.05) is 26.3 Å². The summed E-state index contributed by atoms with van der Waals surface area (Å²) in [4.78, 5) is 7.06. The van der Waals surface area contributed by atoms with Crippen LogP contribution in [0.4, 0.5) is 5.95 Å². The SMILES string of the molecule is Cn1c(N2CC(c3nnc4ccccn34)C2)nc2ccccc21. The van der Waals surface area contributed by atoms with E-state index in [9.17, 15) is 0 Å². The first-order valence-electron chi connectivity index (χ1n) is 7.77. The van der Waals surface area contributed by atoms with E-state index in [-0.39, 0.29) is 0 Å². The summed E-state index contributed by atoms with van der Waals surface area (Å²) in [6.07, 6.45) is 2.03. The number of aromatic nitrogens is 5. The van der Waals surface area contributed by atoms with Gasteiger partial charge >= 0.3 is 0 Å². The Labute approximate surface area is 133 Å². The van der Waals surface area contributed by atoms with Gasteiger partial charge in [-0.1, -0.05) is 18.2 Å². The average Bonchev–Trinajstić information content (AvgIpc) is 3.10. The summed E-state index contributed by atoms with van der Waals surface area (Å²) < 4.78 is 4.24. The number of benzene rings is 1. The topological polar surface area (TPSA) is 51.2 Å². The van der Waals surface area contributed by atoms with Crippen LogP contribution in [0.2, 0.25) is 0 Å². The van der Waals surface area contributed by atoms with Crippen LogP contribution in [-0.4, -0.2) is 37.2 Å². The molecule has 1 aliphatic rings. The molecule has 23 heavy (non-hydrogen) atoms. The van der Waals surface area contributed by atoms with Crippen molar-refractivity contribution in [2.24, 2.45) is 7.05 Å². The second-order valence-electron chi connectivity index (χ2n) is 6.05. The monoisotopic (exact) mass is 304 g/mol. The highest BCUT2D eigenvalue weighted by atomic mass is 15.4. The highest BCUT2D eigenvalue weighted by molar-refractivity contribution is 5.78. The van der Waals surface area contributed by atoms with Crippen LogP contribution in [0, 0.1) is 0 Å². The highest BCUT2D eigenvalue weighted by Crippen LogP contribution is 2.31. The third kappa shape index (κ3) is 1.78. The lowest BCUT2D eigenvalue weighted by molar-refractivity contribution is 0.483. The van der Waals surface area contributed by atoms with Crippen LogP contribution in [-0.2, 0) is 7.05 Å². The quantitative estimate of drug-likeness (QED) is 0.570. The van der Waals surface area contributed by atoms with Gasteiger partial charge < -0.3 is 9.47 Å². The molecular formula is C17H16N6. The minimum atomic E-state index is 0.396. The van der Waals surface area contributed by atoms with E-state index in [1.165, 1.54) is 5.52 Å². The van der Waals surface area contributed by atoms with E-state index < -0.39 is 0 Å². The Morgan fingerprint density at radius 2 is 1.83 bits per heavy atom. The lowest BCUT2D eigenvalue weighted by atomic mass is 10.00. The Morgan fingerprint density at radius 3 is 2.70 bits per heavy atom. The third-order valence-corrected chi connectivity index (χ3v) is 4.63. The predicted molar refractivity (Wildman–Crippen MR) is 88.7 cm³/mol. The van der Waals surface area contributed by atoms with Crippen LogP contribution >= 0.6 is 0 Å². The first-order chi connectivity index (χ1) is 11.3. The van der Waals surface area contributed by atoms with Gasteiger partial charge in [-0.2, -0.15) is 0 Å². The maximum absolute atomic E-state index is 4.76. The number of hydrogen-bond donors (Lipinski definition) is 0. The first-order valence-corrected chi connectivity index (χ1v) is 7.77. The van der Waals surface area contributed by atoms with Crippen molar-refractivity contribution in [3.63, 3.8) is 0 Å². The fraction of sp³-hybridized carbons (Fsp3) is 0.235. The van der Waals surface area contributed by atoms with Gasteiger partial charge in [-0.15, -0.1) is 10.2 Å². The molecule has 6 nitrogen and oxygen atoms in total. The number of anilines is 1. The fourth-order valence-electron chi connectivity index (χ4n) is 3.36. The van der Waals surface area contributed by atoms with E-state index in [0.717, 1.165) is 36.0 Å². The molecule has 0 spiro atoms. The Balaban J connectivity index is 1.45. The average molecular weight is 304 g/mol. The van der Waals surface area contributed by atoms with E-state index in [0.29, 0.717) is 5.92 Å². The van der Waals surface area contributed by atoms with Crippen LogP contribution in [0.3, 0.4) is 0 Å². The molecule has 0 bridgehead atoms. The third-order valence-electron chi connectivity index (χ3n) is 4.63. The van der Waals surface area contributed by atoms with Crippen molar-refractivity contribution >= 4 is 22.6 Å². The molecule has 0 radical (unpaired) electrons. The molecule has 1 saturated heterocycles. The molecule has 0 atom stereocenters. The zero-order valence-electron chi connectivity index (χ0n) is 12.8. The molecule has 4 heterocycles. The van der Waals surface area contributed by atoms with E-state index in [1.54, 1.807) is 0 Å². The standard InChI is InChI=1S/C17H16N6/c1-21-14-7-3-2-6-13(14)18-17(21)22-10-12(11-22)16-20-19-15-8-4-5-9-23(15)16/h2-9,12H,10-11H2,1H3. The summed E-state index contributed by atoms with van der Waals surface area (Å²) in [5.41, 5.74) is 3.11. The lowest BCUT2D eigenvalue weighted by Gasteiger charge is -2.38. The summed E-state index contributed by atoms with van der Waals surface area (Å²) >= 11 is 0. The molecule has 6 heteroatoms. The summed E-state index contributed by atoms with van der Waals surface area (Å²) in [5.74, 6) is 2.46. The van der Waals surface area contributed by atoms with Gasteiger partial charge in [0.1, 0.15) is 5.82 Å². The molecule has 1 aromatic carbocycles. The summed E-state index contributed by atoms with van der Waals surface area (Å²) in [5, 5.41) is 8.61. The number of aryl methyl sites for hydroxylation is 1. The first kappa shape index (κ1) is 12.6. The molecule has 0 amide bonds. The maximum atomic E-state index is 4.76. The molecule has 3 aromatic heterocycles. The molecule has 0 saturated carbocycles. The number of rotatable bonds is 2. The van der Waals surface area contributed by atoms with Crippen molar-refractivity contribution in [2.75, 3.05) is 18.0 Å². The van der Waals surface area contributed by atoms with Gasteiger partial charge in [0.25, 0.3) is 0 Å². The van der Waals surface area contributed by atoms with Gasteiger partial charge in [0.15, 0.2) is 5.65 Å². The Morgan fingerprint density at radius 1 is 1.00 bits per heavy atom.